The quantitative estimate of drug-likeness (QED) is 0.866. The molecule has 20 heavy (non-hydrogen) atoms. The number of nitrogens with zero attached hydrogens (tertiary/aromatic N) is 3. The van der Waals surface area contributed by atoms with Gasteiger partial charge in [0.2, 0.25) is 5.91 Å². The number of carbonyl (C=O) groups is 1. The number of amides is 1. The van der Waals surface area contributed by atoms with Crippen LogP contribution in [0, 0.1) is 5.82 Å². The van der Waals surface area contributed by atoms with Crippen LogP contribution in [0.5, 0.6) is 0 Å². The highest BCUT2D eigenvalue weighted by Gasteiger charge is 2.09. The van der Waals surface area contributed by atoms with Crippen LogP contribution < -0.4 is 11.1 Å². The van der Waals surface area contributed by atoms with Gasteiger partial charge in [0, 0.05) is 18.2 Å². The molecule has 1 amide bonds. The Kier molecular flexibility index (Phi) is 4.41. The van der Waals surface area contributed by atoms with Gasteiger partial charge in [-0.25, -0.2) is 14.1 Å². The van der Waals surface area contributed by atoms with Crippen LogP contribution in [0.4, 0.5) is 10.1 Å². The summed E-state index contributed by atoms with van der Waals surface area (Å²) in [5.74, 6) is -0.671. The molecule has 0 aliphatic carbocycles. The topological polar surface area (TPSA) is 85.8 Å². The van der Waals surface area contributed by atoms with Crippen molar-refractivity contribution in [2.75, 3.05) is 5.32 Å². The number of nitrogens with two attached hydrogens (primary N) is 1. The Balaban J connectivity index is 2.04. The van der Waals surface area contributed by atoms with E-state index in [1.807, 2.05) is 6.92 Å². The molecule has 2 aromatic rings. The summed E-state index contributed by atoms with van der Waals surface area (Å²) in [7, 11) is 0. The molecule has 1 unspecified atom stereocenters. The average Bonchev–Trinajstić information content (AvgIpc) is 2.90. The number of nitrogens with one attached hydrogen (secondary N) is 1. The number of hydrogen-bond donors (Lipinski definition) is 2. The summed E-state index contributed by atoms with van der Waals surface area (Å²) >= 11 is 0. The third kappa shape index (κ3) is 3.61. The van der Waals surface area contributed by atoms with E-state index in [9.17, 15) is 9.18 Å². The fourth-order valence-corrected chi connectivity index (χ4v) is 1.69. The van der Waals surface area contributed by atoms with E-state index in [2.05, 4.69) is 15.4 Å². The zero-order valence-electron chi connectivity index (χ0n) is 11.1. The van der Waals surface area contributed by atoms with E-state index >= 15 is 0 Å². The maximum atomic E-state index is 13.9. The Morgan fingerprint density at radius 2 is 2.35 bits per heavy atom. The van der Waals surface area contributed by atoms with Crippen LogP contribution in [0.3, 0.4) is 0 Å². The molecule has 1 aromatic carbocycles. The highest BCUT2D eigenvalue weighted by Crippen LogP contribution is 2.17. The Hall–Kier alpha value is -2.28. The minimum absolute atomic E-state index is 0.0350. The number of carbonyl (C=O) groups excluding carboxylic acids is 1. The highest BCUT2D eigenvalue weighted by molar-refractivity contribution is 5.90. The van der Waals surface area contributed by atoms with E-state index in [4.69, 9.17) is 5.73 Å². The molecule has 1 heterocycles. The van der Waals surface area contributed by atoms with Crippen molar-refractivity contribution in [3.8, 4) is 5.69 Å². The van der Waals surface area contributed by atoms with Crippen LogP contribution in [0.1, 0.15) is 19.8 Å². The summed E-state index contributed by atoms with van der Waals surface area (Å²) in [4.78, 5) is 15.4. The molecule has 0 fully saturated rings. The van der Waals surface area contributed by atoms with Crippen LogP contribution >= 0.6 is 0 Å². The fourth-order valence-electron chi connectivity index (χ4n) is 1.69. The predicted molar refractivity (Wildman–Crippen MR) is 72.8 cm³/mol. The van der Waals surface area contributed by atoms with Crippen LogP contribution in [0.25, 0.3) is 5.69 Å². The van der Waals surface area contributed by atoms with Crippen LogP contribution in [-0.4, -0.2) is 26.7 Å². The lowest BCUT2D eigenvalue weighted by Crippen LogP contribution is -2.19. The molecule has 2 rings (SSSR count). The Morgan fingerprint density at radius 1 is 1.55 bits per heavy atom. The molecule has 6 nitrogen and oxygen atoms in total. The molecule has 106 valence electrons. The van der Waals surface area contributed by atoms with E-state index < -0.39 is 5.82 Å². The lowest BCUT2D eigenvalue weighted by molar-refractivity contribution is -0.116. The van der Waals surface area contributed by atoms with Crippen molar-refractivity contribution in [2.24, 2.45) is 5.73 Å². The monoisotopic (exact) mass is 277 g/mol. The van der Waals surface area contributed by atoms with Gasteiger partial charge in [-0.2, -0.15) is 5.10 Å². The van der Waals surface area contributed by atoms with Crippen molar-refractivity contribution in [1.29, 1.82) is 0 Å². The van der Waals surface area contributed by atoms with Crippen molar-refractivity contribution in [1.82, 2.24) is 14.8 Å². The normalized spacial score (nSPS) is 12.2. The molecule has 7 heteroatoms. The average molecular weight is 277 g/mol. The van der Waals surface area contributed by atoms with Gasteiger partial charge < -0.3 is 11.1 Å². The first-order chi connectivity index (χ1) is 9.56. The number of aromatic nitrogens is 3. The molecule has 3 N–H and O–H groups in total. The molecular formula is C13H16FN5O. The third-order valence-electron chi connectivity index (χ3n) is 2.72. The van der Waals surface area contributed by atoms with Gasteiger partial charge in [-0.1, -0.05) is 0 Å². The summed E-state index contributed by atoms with van der Waals surface area (Å²) in [6, 6.07) is 4.36. The minimum atomic E-state index is -0.486. The van der Waals surface area contributed by atoms with Gasteiger partial charge in [0.1, 0.15) is 18.3 Å². The zero-order valence-corrected chi connectivity index (χ0v) is 11.1. The Bertz CT molecular complexity index is 582. The van der Waals surface area contributed by atoms with Crippen molar-refractivity contribution in [2.45, 2.75) is 25.8 Å². The highest BCUT2D eigenvalue weighted by atomic mass is 19.1. The maximum Gasteiger partial charge on any atom is 0.224 e. The van der Waals surface area contributed by atoms with Crippen molar-refractivity contribution in [3.63, 3.8) is 0 Å². The fraction of sp³-hybridized carbons (Fsp3) is 0.308. The third-order valence-corrected chi connectivity index (χ3v) is 2.72. The molecule has 0 radical (unpaired) electrons. The van der Waals surface area contributed by atoms with Gasteiger partial charge in [-0.05, 0) is 31.5 Å². The number of halogens is 1. The van der Waals surface area contributed by atoms with Crippen LogP contribution in [-0.2, 0) is 4.79 Å². The van der Waals surface area contributed by atoms with Gasteiger partial charge >= 0.3 is 0 Å². The van der Waals surface area contributed by atoms with Crippen LogP contribution in [0.2, 0.25) is 0 Å². The maximum absolute atomic E-state index is 13.9. The van der Waals surface area contributed by atoms with Crippen molar-refractivity contribution in [3.05, 3.63) is 36.7 Å². The van der Waals surface area contributed by atoms with Gasteiger partial charge in [0.25, 0.3) is 0 Å². The second-order valence-electron chi connectivity index (χ2n) is 4.57. The first-order valence-corrected chi connectivity index (χ1v) is 6.26. The van der Waals surface area contributed by atoms with Gasteiger partial charge in [-0.15, -0.1) is 0 Å². The Labute approximate surface area is 115 Å². The molecule has 0 saturated carbocycles. The second-order valence-corrected chi connectivity index (χ2v) is 4.57. The van der Waals surface area contributed by atoms with E-state index in [0.29, 0.717) is 18.5 Å². The van der Waals surface area contributed by atoms with Gasteiger partial charge in [0.15, 0.2) is 5.82 Å². The number of hydrogen-bond acceptors (Lipinski definition) is 4. The minimum Gasteiger partial charge on any atom is -0.328 e. The summed E-state index contributed by atoms with van der Waals surface area (Å²) in [6.07, 6.45) is 3.62. The predicted octanol–water partition coefficient (Wildman–Crippen LogP) is 1.47. The lowest BCUT2D eigenvalue weighted by Gasteiger charge is -2.08. The molecule has 0 saturated heterocycles. The summed E-state index contributed by atoms with van der Waals surface area (Å²) in [5.41, 5.74) is 6.25. The lowest BCUT2D eigenvalue weighted by atomic mass is 10.2. The molecule has 1 aromatic heterocycles. The summed E-state index contributed by atoms with van der Waals surface area (Å²) < 4.78 is 15.2. The standard InChI is InChI=1S/C13H16FN5O/c1-9(15)2-5-13(20)18-10-3-4-12(11(14)6-10)19-8-16-7-17-19/h3-4,6-9H,2,5,15H2,1H3,(H,18,20). The summed E-state index contributed by atoms with van der Waals surface area (Å²) in [6.45, 7) is 1.83. The Morgan fingerprint density at radius 3 is 2.95 bits per heavy atom. The molecule has 0 bridgehead atoms. The zero-order chi connectivity index (χ0) is 14.5. The second kappa shape index (κ2) is 6.25. The first-order valence-electron chi connectivity index (χ1n) is 6.26. The smallest absolute Gasteiger partial charge is 0.224 e. The van der Waals surface area contributed by atoms with Crippen molar-refractivity contribution < 1.29 is 9.18 Å². The van der Waals surface area contributed by atoms with E-state index in [-0.39, 0.29) is 17.6 Å². The van der Waals surface area contributed by atoms with Crippen LogP contribution in [0.15, 0.2) is 30.9 Å². The van der Waals surface area contributed by atoms with Crippen molar-refractivity contribution >= 4 is 11.6 Å². The van der Waals surface area contributed by atoms with Gasteiger partial charge in [0.05, 0.1) is 0 Å². The summed E-state index contributed by atoms with van der Waals surface area (Å²) in [5, 5.41) is 6.48. The number of benzene rings is 1. The molecule has 1 atom stereocenters. The van der Waals surface area contributed by atoms with E-state index in [1.165, 1.54) is 29.5 Å². The number of rotatable bonds is 5. The largest absolute Gasteiger partial charge is 0.328 e. The van der Waals surface area contributed by atoms with Gasteiger partial charge in [-0.3, -0.25) is 4.79 Å². The SMILES string of the molecule is CC(N)CCC(=O)Nc1ccc(-n2cncn2)c(F)c1. The first kappa shape index (κ1) is 14.1. The van der Waals surface area contributed by atoms with E-state index in [0.717, 1.165) is 0 Å². The molecule has 0 aliphatic rings. The molecule has 0 aliphatic heterocycles. The molecule has 0 spiro atoms. The number of anilines is 1. The van der Waals surface area contributed by atoms with E-state index in [1.54, 1.807) is 6.07 Å². The molecular weight excluding hydrogens is 261 g/mol.